The first-order valence-corrected chi connectivity index (χ1v) is 21.8. The van der Waals surface area contributed by atoms with E-state index < -0.39 is 32.1 Å². The molecule has 0 fully saturated rings. The summed E-state index contributed by atoms with van der Waals surface area (Å²) in [5, 5.41) is 12.6. The van der Waals surface area contributed by atoms with E-state index in [9.17, 15) is 10.1 Å². The van der Waals surface area contributed by atoms with Crippen LogP contribution in [0, 0.1) is 17.2 Å². The number of hydrogen-bond donors (Lipinski definition) is 1. The molecule has 1 N–H and O–H groups in total. The number of benzene rings is 3. The second kappa shape index (κ2) is 25.5. The zero-order valence-electron chi connectivity index (χ0n) is 37.1. The van der Waals surface area contributed by atoms with Crippen molar-refractivity contribution >= 4 is 14.3 Å². The van der Waals surface area contributed by atoms with E-state index in [1.54, 1.807) is 33.6 Å². The molecule has 1 heterocycles. The molecule has 0 aliphatic carbocycles. The summed E-state index contributed by atoms with van der Waals surface area (Å²) in [7, 11) is 3.20. The summed E-state index contributed by atoms with van der Waals surface area (Å²) in [6.45, 7) is 13.9. The number of nitriles is 1. The third-order valence-corrected chi connectivity index (χ3v) is 11.6. The first kappa shape index (κ1) is 49.2. The largest absolute Gasteiger partial charge is 0.497 e. The van der Waals surface area contributed by atoms with Crippen LogP contribution >= 0.6 is 8.53 Å². The Labute approximate surface area is 363 Å². The van der Waals surface area contributed by atoms with E-state index in [1.165, 1.54) is 4.57 Å². The molecule has 0 bridgehead atoms. The Morgan fingerprint density at radius 2 is 1.38 bits per heavy atom. The van der Waals surface area contributed by atoms with Crippen molar-refractivity contribution in [2.45, 2.75) is 78.0 Å². The van der Waals surface area contributed by atoms with E-state index in [2.05, 4.69) is 62.6 Å². The lowest BCUT2D eigenvalue weighted by atomic mass is 9.80. The van der Waals surface area contributed by atoms with Crippen LogP contribution in [0.1, 0.15) is 70.9 Å². The topological polar surface area (TPSA) is 148 Å². The van der Waals surface area contributed by atoms with Crippen LogP contribution in [-0.4, -0.2) is 99.9 Å². The first-order valence-electron chi connectivity index (χ1n) is 20.7. The van der Waals surface area contributed by atoms with E-state index in [1.807, 2.05) is 78.9 Å². The van der Waals surface area contributed by atoms with Gasteiger partial charge < -0.3 is 42.8 Å². The Morgan fingerprint density at radius 1 is 0.770 bits per heavy atom. The number of nitrogens with one attached hydrogen (secondary N) is 1. The molecule has 3 aromatic carbocycles. The second-order valence-electron chi connectivity index (χ2n) is 15.2. The van der Waals surface area contributed by atoms with Crippen LogP contribution in [0.5, 0.6) is 11.5 Å². The number of nitrogens with zero attached hydrogens (tertiary/aromatic N) is 4. The van der Waals surface area contributed by atoms with Gasteiger partial charge in [0.15, 0.2) is 6.23 Å². The molecule has 0 amide bonds. The van der Waals surface area contributed by atoms with Crippen LogP contribution in [-0.2, 0) is 33.6 Å². The summed E-state index contributed by atoms with van der Waals surface area (Å²) < 4.78 is 53.2. The molecule has 4 aromatic rings. The fourth-order valence-electron chi connectivity index (χ4n) is 6.65. The highest BCUT2D eigenvalue weighted by molar-refractivity contribution is 7.44. The Bertz CT molecular complexity index is 1890. The van der Waals surface area contributed by atoms with Gasteiger partial charge in [-0.25, -0.2) is 9.46 Å². The molecule has 4 rings (SSSR count). The lowest BCUT2D eigenvalue weighted by Crippen LogP contribution is -2.41. The number of anilines is 1. The average molecular weight is 862 g/mol. The van der Waals surface area contributed by atoms with Crippen LogP contribution in [0.15, 0.2) is 95.9 Å². The molecule has 0 saturated heterocycles. The van der Waals surface area contributed by atoms with Gasteiger partial charge in [0.1, 0.15) is 29.0 Å². The minimum absolute atomic E-state index is 0.00144. The Balaban J connectivity index is 1.85. The molecule has 0 saturated carbocycles. The number of ether oxygens (including phenoxy) is 6. The number of hydrogen-bond acceptors (Lipinski definition) is 13. The van der Waals surface area contributed by atoms with Gasteiger partial charge in [-0.15, -0.1) is 0 Å². The van der Waals surface area contributed by atoms with Crippen molar-refractivity contribution in [1.29, 1.82) is 5.26 Å². The molecular formula is C46H64N5O9P. The predicted octanol–water partition coefficient (Wildman–Crippen LogP) is 8.18. The molecule has 0 radical (unpaired) electrons. The summed E-state index contributed by atoms with van der Waals surface area (Å²) in [6.07, 6.45) is 0.101. The van der Waals surface area contributed by atoms with E-state index in [-0.39, 0.29) is 51.5 Å². The highest BCUT2D eigenvalue weighted by Crippen LogP contribution is 2.47. The number of methoxy groups -OCH3 is 3. The predicted molar refractivity (Wildman–Crippen MR) is 238 cm³/mol. The zero-order chi connectivity index (χ0) is 44.2. The van der Waals surface area contributed by atoms with Crippen LogP contribution in [0.3, 0.4) is 0 Å². The van der Waals surface area contributed by atoms with E-state index in [0.29, 0.717) is 36.4 Å². The summed E-state index contributed by atoms with van der Waals surface area (Å²) >= 11 is 0. The van der Waals surface area contributed by atoms with Gasteiger partial charge in [0.05, 0.1) is 66.4 Å². The van der Waals surface area contributed by atoms with Crippen molar-refractivity contribution < 1.29 is 37.5 Å². The standard InChI is InChI=1S/C46H64N5O9P/c1-34(2)30-48-43-24-26-50(45(52)49-43)44(33-56-29-28-53-7)60-42(32-59-61(58-27-13-25-47)51(35(3)4)36(5)6)31-57-46(37-14-11-10-12-15-37,38-16-20-40(54-8)21-17-38)39-18-22-41(55-9)23-19-39/h10-12,14-24,26,34-36,42,44H,13,27-33H2,1-9H3,(H,48,49,52)/t42-,44-,61?/m1/s1. The third kappa shape index (κ3) is 14.3. The summed E-state index contributed by atoms with van der Waals surface area (Å²) in [6, 6.07) is 29.6. The summed E-state index contributed by atoms with van der Waals surface area (Å²) in [4.78, 5) is 18.1. The van der Waals surface area contributed by atoms with Crippen molar-refractivity contribution in [1.82, 2.24) is 14.2 Å². The maximum Gasteiger partial charge on any atom is 0.351 e. The quantitative estimate of drug-likeness (QED) is 0.0333. The Kier molecular flexibility index (Phi) is 20.6. The van der Waals surface area contributed by atoms with Crippen molar-refractivity contribution in [3.63, 3.8) is 0 Å². The minimum Gasteiger partial charge on any atom is -0.497 e. The van der Waals surface area contributed by atoms with Crippen LogP contribution in [0.25, 0.3) is 0 Å². The van der Waals surface area contributed by atoms with Gasteiger partial charge in [-0.3, -0.25) is 4.57 Å². The Morgan fingerprint density at radius 3 is 1.90 bits per heavy atom. The Hall–Kier alpha value is -4.42. The maximum absolute atomic E-state index is 13.7. The van der Waals surface area contributed by atoms with Crippen LogP contribution in [0.4, 0.5) is 5.82 Å². The van der Waals surface area contributed by atoms with Gasteiger partial charge in [-0.05, 0) is 80.6 Å². The van der Waals surface area contributed by atoms with Gasteiger partial charge in [0, 0.05) is 31.9 Å². The molecule has 1 aromatic heterocycles. The maximum atomic E-state index is 13.7. The lowest BCUT2D eigenvalue weighted by Gasteiger charge is -2.39. The van der Waals surface area contributed by atoms with E-state index >= 15 is 0 Å². The second-order valence-corrected chi connectivity index (χ2v) is 16.7. The number of aromatic nitrogens is 2. The molecule has 61 heavy (non-hydrogen) atoms. The molecule has 1 unspecified atom stereocenters. The summed E-state index contributed by atoms with van der Waals surface area (Å²) in [5.41, 5.74) is 0.840. The SMILES string of the molecule is COCCOC[C@@H](O[C@@H](COP(OCCC#N)N(C(C)C)C(C)C)COC(c1ccccc1)(c1ccc(OC)cc1)c1ccc(OC)cc1)n1ccc(NCC(C)C)nc1=O. The minimum atomic E-state index is -1.66. The van der Waals surface area contributed by atoms with Gasteiger partial charge in [0.25, 0.3) is 8.53 Å². The average Bonchev–Trinajstić information content (AvgIpc) is 3.26. The normalized spacial score (nSPS) is 13.4. The lowest BCUT2D eigenvalue weighted by molar-refractivity contribution is -0.145. The summed E-state index contributed by atoms with van der Waals surface area (Å²) in [5.74, 6) is 2.21. The van der Waals surface area contributed by atoms with Crippen molar-refractivity contribution in [2.75, 3.05) is 72.8 Å². The highest BCUT2D eigenvalue weighted by atomic mass is 31.2. The molecule has 332 valence electrons. The smallest absolute Gasteiger partial charge is 0.351 e. The van der Waals surface area contributed by atoms with Crippen LogP contribution in [0.2, 0.25) is 0 Å². The van der Waals surface area contributed by atoms with Crippen molar-refractivity contribution in [3.8, 4) is 17.6 Å². The van der Waals surface area contributed by atoms with Crippen LogP contribution < -0.4 is 20.5 Å². The van der Waals surface area contributed by atoms with Crippen molar-refractivity contribution in [3.05, 3.63) is 118 Å². The molecule has 0 aliphatic rings. The van der Waals surface area contributed by atoms with Gasteiger partial charge >= 0.3 is 5.69 Å². The molecular weight excluding hydrogens is 798 g/mol. The molecule has 14 nitrogen and oxygen atoms in total. The van der Waals surface area contributed by atoms with Gasteiger partial charge in [-0.1, -0.05) is 68.4 Å². The fourth-order valence-corrected chi connectivity index (χ4v) is 8.29. The van der Waals surface area contributed by atoms with E-state index in [4.69, 9.17) is 37.5 Å². The zero-order valence-corrected chi connectivity index (χ0v) is 38.0. The first-order chi connectivity index (χ1) is 29.5. The molecule has 3 atom stereocenters. The molecule has 15 heteroatoms. The monoisotopic (exact) mass is 861 g/mol. The van der Waals surface area contributed by atoms with Crippen molar-refractivity contribution in [2.24, 2.45) is 5.92 Å². The van der Waals surface area contributed by atoms with Gasteiger partial charge in [-0.2, -0.15) is 10.2 Å². The fraction of sp³-hybridized carbons (Fsp3) is 0.500. The van der Waals surface area contributed by atoms with E-state index in [0.717, 1.165) is 16.7 Å². The highest BCUT2D eigenvalue weighted by Gasteiger charge is 2.39. The third-order valence-electron chi connectivity index (χ3n) is 9.57. The number of rotatable bonds is 28. The molecule has 0 spiro atoms. The van der Waals surface area contributed by atoms with Gasteiger partial charge in [0.2, 0.25) is 0 Å². The molecule has 0 aliphatic heterocycles.